The van der Waals surface area contributed by atoms with Crippen molar-refractivity contribution < 1.29 is 4.42 Å². The molecule has 4 nitrogen and oxygen atoms in total. The van der Waals surface area contributed by atoms with E-state index in [1.165, 1.54) is 0 Å². The number of nitrogens with zero attached hydrogens (tertiary/aromatic N) is 3. The molecule has 0 aliphatic rings. The van der Waals surface area contributed by atoms with E-state index in [9.17, 15) is 0 Å². The van der Waals surface area contributed by atoms with Crippen LogP contribution in [0.15, 0.2) is 52.9 Å². The van der Waals surface area contributed by atoms with Gasteiger partial charge in [-0.1, -0.05) is 35.3 Å². The van der Waals surface area contributed by atoms with Crippen LogP contribution in [0.2, 0.25) is 5.02 Å². The molecule has 0 atom stereocenters. The fraction of sp³-hybridized carbons (Fsp3) is 0. The van der Waals surface area contributed by atoms with Crippen LogP contribution in [0.1, 0.15) is 17.0 Å². The number of benzene rings is 2. The van der Waals surface area contributed by atoms with Crippen LogP contribution in [-0.4, -0.2) is 10.2 Å². The van der Waals surface area contributed by atoms with Gasteiger partial charge >= 0.3 is 0 Å². The third-order valence-electron chi connectivity index (χ3n) is 3.05. The van der Waals surface area contributed by atoms with E-state index in [1.807, 2.05) is 0 Å². The molecule has 0 spiro atoms. The Labute approximate surface area is 142 Å². The van der Waals surface area contributed by atoms with Gasteiger partial charge in [-0.2, -0.15) is 5.26 Å². The van der Waals surface area contributed by atoms with Gasteiger partial charge in [-0.05, 0) is 48.0 Å². The molecule has 23 heavy (non-hydrogen) atoms. The van der Waals surface area contributed by atoms with Crippen molar-refractivity contribution in [1.82, 2.24) is 10.2 Å². The van der Waals surface area contributed by atoms with Gasteiger partial charge in [0.1, 0.15) is 5.03 Å². The Hall–Kier alpha value is -2.61. The lowest BCUT2D eigenvalue weighted by Gasteiger charge is -1.96. The van der Waals surface area contributed by atoms with Crippen LogP contribution >= 0.6 is 23.2 Å². The van der Waals surface area contributed by atoms with Crippen LogP contribution in [0.4, 0.5) is 0 Å². The Morgan fingerprint density at radius 1 is 1.04 bits per heavy atom. The highest BCUT2D eigenvalue weighted by atomic mass is 35.5. The Bertz CT molecular complexity index is 891. The Balaban J connectivity index is 1.85. The smallest absolute Gasteiger partial charge is 0.259 e. The first kappa shape index (κ1) is 15.3. The number of rotatable bonds is 3. The fourth-order valence-electron chi connectivity index (χ4n) is 1.89. The SMILES string of the molecule is N#Cc1ccc(/C=C(\Cl)c2nnc(-c3ccc(Cl)cc3)o2)cc1. The zero-order valence-electron chi connectivity index (χ0n) is 11.7. The van der Waals surface area contributed by atoms with E-state index in [-0.39, 0.29) is 5.89 Å². The summed E-state index contributed by atoms with van der Waals surface area (Å²) in [7, 11) is 0. The number of hydrogen-bond acceptors (Lipinski definition) is 4. The molecule has 112 valence electrons. The molecule has 0 saturated carbocycles. The van der Waals surface area contributed by atoms with Crippen LogP contribution in [0.5, 0.6) is 0 Å². The maximum Gasteiger partial charge on any atom is 0.259 e. The minimum atomic E-state index is 0.223. The molecule has 0 amide bonds. The minimum Gasteiger partial charge on any atom is -0.415 e. The predicted octanol–water partition coefficient (Wildman–Crippen LogP) is 5.00. The van der Waals surface area contributed by atoms with Gasteiger partial charge in [0.05, 0.1) is 11.6 Å². The Morgan fingerprint density at radius 3 is 2.39 bits per heavy atom. The molecule has 0 radical (unpaired) electrons. The number of nitriles is 1. The first-order valence-corrected chi connectivity index (χ1v) is 7.38. The van der Waals surface area contributed by atoms with Crippen molar-refractivity contribution in [2.45, 2.75) is 0 Å². The van der Waals surface area contributed by atoms with Gasteiger partial charge < -0.3 is 4.42 Å². The van der Waals surface area contributed by atoms with Gasteiger partial charge in [-0.15, -0.1) is 10.2 Å². The molecule has 6 heteroatoms. The average Bonchev–Trinajstić information content (AvgIpc) is 3.06. The number of halogens is 2. The Kier molecular flexibility index (Phi) is 4.42. The van der Waals surface area contributed by atoms with E-state index in [2.05, 4.69) is 16.3 Å². The summed E-state index contributed by atoms with van der Waals surface area (Å²) in [5, 5.41) is 17.7. The topological polar surface area (TPSA) is 62.7 Å². The molecule has 0 saturated heterocycles. The maximum atomic E-state index is 8.78. The summed E-state index contributed by atoms with van der Waals surface area (Å²) < 4.78 is 5.57. The second kappa shape index (κ2) is 6.66. The lowest BCUT2D eigenvalue weighted by atomic mass is 10.1. The van der Waals surface area contributed by atoms with E-state index in [0.717, 1.165) is 11.1 Å². The van der Waals surface area contributed by atoms with Crippen molar-refractivity contribution in [3.05, 3.63) is 70.6 Å². The molecule has 1 heterocycles. The summed E-state index contributed by atoms with van der Waals surface area (Å²) in [4.78, 5) is 0. The normalized spacial score (nSPS) is 11.3. The molecule has 0 fully saturated rings. The van der Waals surface area contributed by atoms with E-state index in [4.69, 9.17) is 32.9 Å². The molecule has 0 unspecified atom stereocenters. The van der Waals surface area contributed by atoms with Crippen molar-refractivity contribution in [1.29, 1.82) is 5.26 Å². The van der Waals surface area contributed by atoms with Crippen molar-refractivity contribution >= 4 is 34.3 Å². The van der Waals surface area contributed by atoms with E-state index >= 15 is 0 Å². The van der Waals surface area contributed by atoms with Crippen molar-refractivity contribution in [3.8, 4) is 17.5 Å². The van der Waals surface area contributed by atoms with E-state index in [0.29, 0.717) is 21.5 Å². The first-order valence-electron chi connectivity index (χ1n) is 6.63. The standard InChI is InChI=1S/C17H9Cl2N3O/c18-14-7-5-13(6-8-14)16-21-22-17(23-16)15(19)9-11-1-3-12(10-20)4-2-11/h1-9H/b15-9-. The van der Waals surface area contributed by atoms with Gasteiger partial charge in [-0.25, -0.2) is 0 Å². The number of aromatic nitrogens is 2. The van der Waals surface area contributed by atoms with Crippen LogP contribution in [-0.2, 0) is 0 Å². The lowest BCUT2D eigenvalue weighted by molar-refractivity contribution is 0.556. The van der Waals surface area contributed by atoms with Crippen LogP contribution < -0.4 is 0 Å². The van der Waals surface area contributed by atoms with Gasteiger partial charge in [0.2, 0.25) is 5.89 Å². The highest BCUT2D eigenvalue weighted by molar-refractivity contribution is 6.50. The summed E-state index contributed by atoms with van der Waals surface area (Å²) >= 11 is 12.1. The average molecular weight is 342 g/mol. The zero-order chi connectivity index (χ0) is 16.2. The molecule has 0 N–H and O–H groups in total. The molecular formula is C17H9Cl2N3O. The molecule has 2 aromatic carbocycles. The molecule has 3 rings (SSSR count). The third kappa shape index (κ3) is 3.59. The van der Waals surface area contributed by atoms with Gasteiger partial charge in [0.25, 0.3) is 5.89 Å². The largest absolute Gasteiger partial charge is 0.415 e. The third-order valence-corrected chi connectivity index (χ3v) is 3.58. The summed E-state index contributed by atoms with van der Waals surface area (Å²) in [6.07, 6.45) is 1.70. The molecule has 1 aromatic heterocycles. The Morgan fingerprint density at radius 2 is 1.74 bits per heavy atom. The zero-order valence-corrected chi connectivity index (χ0v) is 13.2. The van der Waals surface area contributed by atoms with Gasteiger partial charge in [0.15, 0.2) is 0 Å². The summed E-state index contributed by atoms with van der Waals surface area (Å²) in [5.74, 6) is 0.587. The van der Waals surface area contributed by atoms with E-state index in [1.54, 1.807) is 54.6 Å². The lowest BCUT2D eigenvalue weighted by Crippen LogP contribution is -1.79. The van der Waals surface area contributed by atoms with Gasteiger partial charge in [0, 0.05) is 10.6 Å². The monoisotopic (exact) mass is 341 g/mol. The van der Waals surface area contributed by atoms with Gasteiger partial charge in [-0.3, -0.25) is 0 Å². The molecule has 0 aliphatic carbocycles. The van der Waals surface area contributed by atoms with Crippen molar-refractivity contribution in [2.75, 3.05) is 0 Å². The highest BCUT2D eigenvalue weighted by Crippen LogP contribution is 2.26. The van der Waals surface area contributed by atoms with Crippen molar-refractivity contribution in [2.24, 2.45) is 0 Å². The maximum absolute atomic E-state index is 8.78. The first-order chi connectivity index (χ1) is 11.2. The van der Waals surface area contributed by atoms with Crippen LogP contribution in [0, 0.1) is 11.3 Å². The summed E-state index contributed by atoms with van der Waals surface area (Å²) in [6, 6.07) is 16.1. The molecule has 0 aliphatic heterocycles. The van der Waals surface area contributed by atoms with Crippen LogP contribution in [0.25, 0.3) is 22.6 Å². The summed E-state index contributed by atoms with van der Waals surface area (Å²) in [6.45, 7) is 0. The van der Waals surface area contributed by atoms with Crippen molar-refractivity contribution in [3.63, 3.8) is 0 Å². The highest BCUT2D eigenvalue weighted by Gasteiger charge is 2.11. The van der Waals surface area contributed by atoms with E-state index < -0.39 is 0 Å². The van der Waals surface area contributed by atoms with Crippen LogP contribution in [0.3, 0.4) is 0 Å². The fourth-order valence-corrected chi connectivity index (χ4v) is 2.22. The quantitative estimate of drug-likeness (QED) is 0.672. The second-order valence-electron chi connectivity index (χ2n) is 4.65. The molecular weight excluding hydrogens is 333 g/mol. The molecule has 3 aromatic rings. The molecule has 0 bridgehead atoms. The second-order valence-corrected chi connectivity index (χ2v) is 5.49. The summed E-state index contributed by atoms with van der Waals surface area (Å²) in [5.41, 5.74) is 2.18. The predicted molar refractivity (Wildman–Crippen MR) is 89.6 cm³/mol. The number of hydrogen-bond donors (Lipinski definition) is 0. The minimum absolute atomic E-state index is 0.223.